The third-order valence-corrected chi connectivity index (χ3v) is 4.56. The van der Waals surface area contributed by atoms with Crippen LogP contribution in [0.4, 0.5) is 4.79 Å². The lowest BCUT2D eigenvalue weighted by atomic mass is 9.81. The van der Waals surface area contributed by atoms with Gasteiger partial charge in [0.2, 0.25) is 0 Å². The normalized spacial score (nSPS) is 32.1. The molecule has 0 aromatic rings. The van der Waals surface area contributed by atoms with E-state index in [1.165, 1.54) is 25.7 Å². The maximum atomic E-state index is 12.0. The van der Waals surface area contributed by atoms with E-state index in [4.69, 9.17) is 0 Å². The van der Waals surface area contributed by atoms with Crippen molar-refractivity contribution in [2.24, 2.45) is 11.8 Å². The van der Waals surface area contributed by atoms with Crippen LogP contribution in [0.2, 0.25) is 0 Å². The molecule has 0 bridgehead atoms. The molecule has 1 heterocycles. The van der Waals surface area contributed by atoms with E-state index in [0.717, 1.165) is 44.2 Å². The Morgan fingerprint density at radius 1 is 1.32 bits per heavy atom. The first-order valence-corrected chi connectivity index (χ1v) is 7.86. The van der Waals surface area contributed by atoms with Crippen molar-refractivity contribution >= 4 is 6.03 Å². The molecule has 0 aromatic heterocycles. The Bertz CT molecular complexity index is 296. The molecule has 4 heteroatoms. The van der Waals surface area contributed by atoms with Crippen molar-refractivity contribution in [3.8, 4) is 0 Å². The molecule has 2 fully saturated rings. The summed E-state index contributed by atoms with van der Waals surface area (Å²) in [5.74, 6) is 1.64. The van der Waals surface area contributed by atoms with Gasteiger partial charge in [-0.05, 0) is 37.5 Å². The average Bonchev–Trinajstić information content (AvgIpc) is 2.38. The minimum absolute atomic E-state index is 0.00241. The molecule has 3 atom stereocenters. The van der Waals surface area contributed by atoms with Gasteiger partial charge in [0.25, 0.3) is 0 Å². The highest BCUT2D eigenvalue weighted by atomic mass is 16.3. The monoisotopic (exact) mass is 268 g/mol. The Balaban J connectivity index is 1.63. The van der Waals surface area contributed by atoms with Crippen molar-refractivity contribution in [3.63, 3.8) is 0 Å². The average molecular weight is 268 g/mol. The van der Waals surface area contributed by atoms with Crippen molar-refractivity contribution in [1.29, 1.82) is 0 Å². The van der Waals surface area contributed by atoms with Gasteiger partial charge in [-0.15, -0.1) is 0 Å². The summed E-state index contributed by atoms with van der Waals surface area (Å²) in [5, 5.41) is 12.6. The largest absolute Gasteiger partial charge is 0.391 e. The van der Waals surface area contributed by atoms with Crippen LogP contribution in [-0.4, -0.2) is 41.8 Å². The molecule has 2 rings (SSSR count). The minimum Gasteiger partial charge on any atom is -0.391 e. The van der Waals surface area contributed by atoms with Gasteiger partial charge in [0.1, 0.15) is 0 Å². The molecule has 2 N–H and O–H groups in total. The Hall–Kier alpha value is -0.770. The number of carbonyl (C=O) groups is 1. The molecule has 1 saturated heterocycles. The predicted octanol–water partition coefficient (Wildman–Crippen LogP) is 2.37. The molecule has 2 amide bonds. The minimum atomic E-state index is -0.335. The molecule has 1 aliphatic heterocycles. The summed E-state index contributed by atoms with van der Waals surface area (Å²) < 4.78 is 0. The number of hydrogen-bond acceptors (Lipinski definition) is 2. The second kappa shape index (κ2) is 7.13. The van der Waals surface area contributed by atoms with E-state index in [-0.39, 0.29) is 12.1 Å². The number of urea groups is 1. The zero-order chi connectivity index (χ0) is 13.7. The molecule has 0 spiro atoms. The highest BCUT2D eigenvalue weighted by Crippen LogP contribution is 2.30. The first-order valence-electron chi connectivity index (χ1n) is 7.86. The number of amides is 2. The van der Waals surface area contributed by atoms with E-state index >= 15 is 0 Å². The van der Waals surface area contributed by atoms with Crippen molar-refractivity contribution in [2.45, 2.75) is 58.0 Å². The van der Waals surface area contributed by atoms with Crippen molar-refractivity contribution in [2.75, 3.05) is 19.6 Å². The van der Waals surface area contributed by atoms with Gasteiger partial charge < -0.3 is 15.3 Å². The van der Waals surface area contributed by atoms with Crippen LogP contribution in [0.5, 0.6) is 0 Å². The Labute approximate surface area is 116 Å². The van der Waals surface area contributed by atoms with Crippen LogP contribution in [-0.2, 0) is 0 Å². The van der Waals surface area contributed by atoms with Crippen molar-refractivity contribution in [1.82, 2.24) is 10.2 Å². The molecule has 110 valence electrons. The molecule has 1 aliphatic carbocycles. The number of nitrogens with zero attached hydrogens (tertiary/aromatic N) is 1. The zero-order valence-corrected chi connectivity index (χ0v) is 12.1. The molecule has 19 heavy (non-hydrogen) atoms. The number of rotatable bonds is 3. The summed E-state index contributed by atoms with van der Waals surface area (Å²) in [5.41, 5.74) is 0. The molecular formula is C15H28N2O2. The number of nitrogens with one attached hydrogen (secondary N) is 1. The molecule has 1 saturated carbocycles. The van der Waals surface area contributed by atoms with Crippen LogP contribution in [0, 0.1) is 11.8 Å². The summed E-state index contributed by atoms with van der Waals surface area (Å²) in [6.07, 6.45) is 7.86. The number of aliphatic hydroxyl groups excluding tert-OH is 1. The summed E-state index contributed by atoms with van der Waals surface area (Å²) in [6, 6.07) is 0.00241. The Morgan fingerprint density at radius 2 is 2.16 bits per heavy atom. The molecule has 3 unspecified atom stereocenters. The predicted molar refractivity (Wildman–Crippen MR) is 76.0 cm³/mol. The standard InChI is InChI=1S/C15H28N2O2/c1-12-4-2-5-13(10-12)7-8-16-15(19)17-9-3-6-14(18)11-17/h12-14,18H,2-11H2,1H3,(H,16,19). The molecule has 0 aromatic carbocycles. The second-order valence-electron chi connectivity index (χ2n) is 6.40. The smallest absolute Gasteiger partial charge is 0.317 e. The summed E-state index contributed by atoms with van der Waals surface area (Å²) in [7, 11) is 0. The number of β-amino-alcohol motifs (C(OH)–C–C–N with tert-alkyl or cyclic N) is 1. The van der Waals surface area contributed by atoms with Crippen LogP contribution < -0.4 is 5.32 Å². The fourth-order valence-electron chi connectivity index (χ4n) is 3.46. The topological polar surface area (TPSA) is 52.6 Å². The third kappa shape index (κ3) is 4.68. The van der Waals surface area contributed by atoms with Gasteiger partial charge in [-0.25, -0.2) is 4.79 Å². The van der Waals surface area contributed by atoms with Crippen LogP contribution >= 0.6 is 0 Å². The van der Waals surface area contributed by atoms with Gasteiger partial charge >= 0.3 is 6.03 Å². The zero-order valence-electron chi connectivity index (χ0n) is 12.1. The fraction of sp³-hybridized carbons (Fsp3) is 0.933. The number of piperidine rings is 1. The van der Waals surface area contributed by atoms with Gasteiger partial charge in [0, 0.05) is 19.6 Å². The van der Waals surface area contributed by atoms with E-state index in [0.29, 0.717) is 6.54 Å². The molecular weight excluding hydrogens is 240 g/mol. The van der Waals surface area contributed by atoms with Gasteiger partial charge in [-0.3, -0.25) is 0 Å². The SMILES string of the molecule is CC1CCCC(CCNC(=O)N2CCCC(O)C2)C1. The summed E-state index contributed by atoms with van der Waals surface area (Å²) in [4.78, 5) is 13.7. The quantitative estimate of drug-likeness (QED) is 0.825. The van der Waals surface area contributed by atoms with Crippen LogP contribution in [0.3, 0.4) is 0 Å². The number of aliphatic hydroxyl groups is 1. The van der Waals surface area contributed by atoms with Gasteiger partial charge in [0.15, 0.2) is 0 Å². The number of carbonyl (C=O) groups excluding carboxylic acids is 1. The highest BCUT2D eigenvalue weighted by molar-refractivity contribution is 5.74. The van der Waals surface area contributed by atoms with Crippen molar-refractivity contribution < 1.29 is 9.90 Å². The highest BCUT2D eigenvalue weighted by Gasteiger charge is 2.22. The molecule has 2 aliphatic rings. The van der Waals surface area contributed by atoms with Crippen LogP contribution in [0.15, 0.2) is 0 Å². The number of likely N-dealkylation sites (tertiary alicyclic amines) is 1. The van der Waals surface area contributed by atoms with E-state index in [2.05, 4.69) is 12.2 Å². The summed E-state index contributed by atoms with van der Waals surface area (Å²) in [6.45, 7) is 4.39. The first-order chi connectivity index (χ1) is 9.15. The van der Waals surface area contributed by atoms with E-state index < -0.39 is 0 Å². The van der Waals surface area contributed by atoms with Crippen LogP contribution in [0.25, 0.3) is 0 Å². The Morgan fingerprint density at radius 3 is 2.89 bits per heavy atom. The van der Waals surface area contributed by atoms with Gasteiger partial charge in [-0.2, -0.15) is 0 Å². The maximum Gasteiger partial charge on any atom is 0.317 e. The lowest BCUT2D eigenvalue weighted by Crippen LogP contribution is -2.47. The van der Waals surface area contributed by atoms with E-state index in [9.17, 15) is 9.90 Å². The lowest BCUT2D eigenvalue weighted by molar-refractivity contribution is 0.0841. The van der Waals surface area contributed by atoms with Gasteiger partial charge in [-0.1, -0.05) is 26.2 Å². The Kier molecular flexibility index (Phi) is 5.49. The van der Waals surface area contributed by atoms with E-state index in [1.807, 2.05) is 0 Å². The molecule has 4 nitrogen and oxygen atoms in total. The first kappa shape index (κ1) is 14.6. The molecule has 0 radical (unpaired) electrons. The fourth-order valence-corrected chi connectivity index (χ4v) is 3.46. The van der Waals surface area contributed by atoms with Crippen molar-refractivity contribution in [3.05, 3.63) is 0 Å². The maximum absolute atomic E-state index is 12.0. The summed E-state index contributed by atoms with van der Waals surface area (Å²) >= 11 is 0. The lowest BCUT2D eigenvalue weighted by Gasteiger charge is -2.31. The number of hydrogen-bond donors (Lipinski definition) is 2. The van der Waals surface area contributed by atoms with Crippen LogP contribution in [0.1, 0.15) is 51.9 Å². The third-order valence-electron chi connectivity index (χ3n) is 4.56. The van der Waals surface area contributed by atoms with Gasteiger partial charge in [0.05, 0.1) is 6.10 Å². The second-order valence-corrected chi connectivity index (χ2v) is 6.40. The van der Waals surface area contributed by atoms with E-state index in [1.54, 1.807) is 4.90 Å².